The van der Waals surface area contributed by atoms with Gasteiger partial charge in [-0.15, -0.1) is 5.01 Å². The quantitative estimate of drug-likeness (QED) is 0.261. The number of halogens is 1. The van der Waals surface area contributed by atoms with Gasteiger partial charge in [0.1, 0.15) is 12.6 Å². The number of aliphatic hydroxyl groups is 1. The average Bonchev–Trinajstić information content (AvgIpc) is 2.65. The monoisotopic (exact) mass is 267 g/mol. The molecular weight excluding hydrogens is 254 g/mol. The van der Waals surface area contributed by atoms with Crippen molar-refractivity contribution in [1.82, 2.24) is 5.01 Å². The minimum absolute atomic E-state index is 0.0211. The predicted molar refractivity (Wildman–Crippen MR) is 52.6 cm³/mol. The van der Waals surface area contributed by atoms with Gasteiger partial charge in [-0.25, -0.2) is 0 Å². The van der Waals surface area contributed by atoms with Crippen LogP contribution in [-0.2, 0) is 4.84 Å². The van der Waals surface area contributed by atoms with Crippen molar-refractivity contribution in [2.24, 2.45) is 5.28 Å². The fraction of sp³-hybridized carbons (Fsp3) is 1.00. The van der Waals surface area contributed by atoms with Gasteiger partial charge in [0.25, 0.3) is 0 Å². The molecule has 0 amide bonds. The molecule has 1 aliphatic heterocycles. The fourth-order valence-corrected chi connectivity index (χ4v) is 1.55. The van der Waals surface area contributed by atoms with Gasteiger partial charge >= 0.3 is 0 Å². The summed E-state index contributed by atoms with van der Waals surface area (Å²) in [4.78, 5) is 5.15. The molecule has 0 aliphatic carbocycles. The molecule has 1 heterocycles. The zero-order chi connectivity index (χ0) is 10.4. The third kappa shape index (κ3) is 2.98. The summed E-state index contributed by atoms with van der Waals surface area (Å²) in [6.45, 7) is 0.957. The normalized spacial score (nSPS) is 22.9. The molecule has 0 aromatic rings. The largest absolute Gasteiger partial charge is 0.569 e. The molecule has 0 aromatic carbocycles. The maximum absolute atomic E-state index is 11.3. The molecule has 1 unspecified atom stereocenters. The predicted octanol–water partition coefficient (Wildman–Crippen LogP) is 0.647. The first kappa shape index (κ1) is 11.5. The van der Waals surface area contributed by atoms with Crippen LogP contribution in [0.25, 0.3) is 0 Å². The van der Waals surface area contributed by atoms with Gasteiger partial charge in [0.05, 0.1) is 18.1 Å². The molecule has 6 nitrogen and oxygen atoms in total. The summed E-state index contributed by atoms with van der Waals surface area (Å²) in [5, 5.41) is 25.7. The number of aliphatic hydroxyl groups excluding tert-OH is 1. The maximum Gasteiger partial charge on any atom is 0.233 e. The zero-order valence-corrected chi connectivity index (χ0v) is 9.39. The molecule has 0 radical (unpaired) electrons. The van der Waals surface area contributed by atoms with E-state index >= 15 is 0 Å². The molecule has 7 heteroatoms. The SMILES string of the molecule is [O-]/[N+](=N\OCCBr)N1CCCC1CO. The highest BCUT2D eigenvalue weighted by molar-refractivity contribution is 9.09. The number of hydrazine groups is 1. The summed E-state index contributed by atoms with van der Waals surface area (Å²) >= 11 is 3.15. The Bertz CT molecular complexity index is 203. The van der Waals surface area contributed by atoms with E-state index in [9.17, 15) is 5.21 Å². The van der Waals surface area contributed by atoms with Crippen LogP contribution in [-0.4, -0.2) is 46.2 Å². The average molecular weight is 268 g/mol. The minimum Gasteiger partial charge on any atom is -0.569 e. The number of rotatable bonds is 5. The Hall–Kier alpha value is -0.560. The summed E-state index contributed by atoms with van der Waals surface area (Å²) in [7, 11) is 0. The van der Waals surface area contributed by atoms with E-state index in [-0.39, 0.29) is 12.6 Å². The van der Waals surface area contributed by atoms with Crippen molar-refractivity contribution < 1.29 is 14.9 Å². The van der Waals surface area contributed by atoms with E-state index in [0.29, 0.717) is 23.5 Å². The highest BCUT2D eigenvalue weighted by Gasteiger charge is 2.30. The standard InChI is InChI=1S/C7H14BrN3O3/c8-3-5-14-9-11(13)10-4-1-2-7(10)6-12/h7,12H,1-6H2/b11-9-. The van der Waals surface area contributed by atoms with Gasteiger partial charge in [0.2, 0.25) is 5.28 Å². The molecule has 0 spiro atoms. The number of hydrogen-bond donors (Lipinski definition) is 1. The van der Waals surface area contributed by atoms with Crippen LogP contribution in [0.4, 0.5) is 0 Å². The molecular formula is C7H14BrN3O3. The molecule has 0 saturated carbocycles. The lowest BCUT2D eigenvalue weighted by atomic mass is 10.2. The van der Waals surface area contributed by atoms with E-state index in [1.807, 2.05) is 0 Å². The van der Waals surface area contributed by atoms with Crippen LogP contribution < -0.4 is 0 Å². The van der Waals surface area contributed by atoms with Crippen LogP contribution in [0.2, 0.25) is 0 Å². The molecule has 1 rings (SSSR count). The third-order valence-electron chi connectivity index (χ3n) is 2.07. The van der Waals surface area contributed by atoms with E-state index in [0.717, 1.165) is 12.8 Å². The summed E-state index contributed by atoms with van der Waals surface area (Å²) in [6, 6.07) is -0.121. The molecule has 82 valence electrons. The van der Waals surface area contributed by atoms with Crippen LogP contribution >= 0.6 is 15.9 Å². The van der Waals surface area contributed by atoms with E-state index in [1.165, 1.54) is 5.01 Å². The van der Waals surface area contributed by atoms with Gasteiger partial charge in [-0.1, -0.05) is 15.9 Å². The number of hydrogen-bond acceptors (Lipinski definition) is 4. The fourth-order valence-electron chi connectivity index (χ4n) is 1.40. The highest BCUT2D eigenvalue weighted by atomic mass is 79.9. The van der Waals surface area contributed by atoms with Crippen molar-refractivity contribution in [2.75, 3.05) is 25.1 Å². The van der Waals surface area contributed by atoms with Gasteiger partial charge < -0.3 is 15.2 Å². The Morgan fingerprint density at radius 3 is 3.14 bits per heavy atom. The van der Waals surface area contributed by atoms with Gasteiger partial charge in [0.15, 0.2) is 0 Å². The molecule has 1 aliphatic rings. The van der Waals surface area contributed by atoms with Crippen molar-refractivity contribution in [3.63, 3.8) is 0 Å². The first-order valence-electron chi connectivity index (χ1n) is 4.53. The third-order valence-corrected chi connectivity index (χ3v) is 2.40. The number of nitrogens with zero attached hydrogens (tertiary/aromatic N) is 3. The lowest BCUT2D eigenvalue weighted by Gasteiger charge is -2.17. The topological polar surface area (TPSA) is 71.1 Å². The van der Waals surface area contributed by atoms with Gasteiger partial charge in [-0.2, -0.15) is 0 Å². The Morgan fingerprint density at radius 2 is 2.50 bits per heavy atom. The Morgan fingerprint density at radius 1 is 1.71 bits per heavy atom. The van der Waals surface area contributed by atoms with Crippen LogP contribution in [0.5, 0.6) is 0 Å². The summed E-state index contributed by atoms with van der Waals surface area (Å²) in [5.41, 5.74) is 0. The van der Waals surface area contributed by atoms with Crippen molar-refractivity contribution >= 4 is 15.9 Å². The first-order chi connectivity index (χ1) is 6.79. The van der Waals surface area contributed by atoms with E-state index in [4.69, 9.17) is 9.94 Å². The van der Waals surface area contributed by atoms with Crippen molar-refractivity contribution in [2.45, 2.75) is 18.9 Å². The summed E-state index contributed by atoms with van der Waals surface area (Å²) in [6.07, 6.45) is 1.72. The van der Waals surface area contributed by atoms with Gasteiger partial charge in [-0.05, 0) is 12.8 Å². The Kier molecular flexibility index (Phi) is 4.95. The molecule has 0 bridgehead atoms. The van der Waals surface area contributed by atoms with Crippen LogP contribution in [0.3, 0.4) is 0 Å². The molecule has 0 aromatic heterocycles. The van der Waals surface area contributed by atoms with Crippen molar-refractivity contribution in [3.05, 3.63) is 5.21 Å². The van der Waals surface area contributed by atoms with Crippen molar-refractivity contribution in [3.8, 4) is 0 Å². The highest BCUT2D eigenvalue weighted by Crippen LogP contribution is 2.16. The molecule has 1 N–H and O–H groups in total. The smallest absolute Gasteiger partial charge is 0.233 e. The van der Waals surface area contributed by atoms with Crippen LogP contribution in [0, 0.1) is 5.21 Å². The van der Waals surface area contributed by atoms with Crippen molar-refractivity contribution in [1.29, 1.82) is 0 Å². The minimum atomic E-state index is -0.121. The second-order valence-corrected chi connectivity index (χ2v) is 3.79. The molecule has 1 fully saturated rings. The van der Waals surface area contributed by atoms with E-state index in [1.54, 1.807) is 0 Å². The molecule has 1 saturated heterocycles. The Labute approximate surface area is 90.8 Å². The Balaban J connectivity index is 2.41. The first-order valence-corrected chi connectivity index (χ1v) is 5.65. The lowest BCUT2D eigenvalue weighted by Crippen LogP contribution is -2.37. The summed E-state index contributed by atoms with van der Waals surface area (Å²) in [5.74, 6) is 0. The van der Waals surface area contributed by atoms with Gasteiger partial charge in [-0.3, -0.25) is 0 Å². The van der Waals surface area contributed by atoms with E-state index in [2.05, 4.69) is 21.2 Å². The molecule has 1 atom stereocenters. The zero-order valence-electron chi connectivity index (χ0n) is 7.80. The molecule has 14 heavy (non-hydrogen) atoms. The second-order valence-electron chi connectivity index (χ2n) is 3.00. The second kappa shape index (κ2) is 6.02. The van der Waals surface area contributed by atoms with Gasteiger partial charge in [0, 0.05) is 5.33 Å². The maximum atomic E-state index is 11.3. The van der Waals surface area contributed by atoms with Crippen LogP contribution in [0.15, 0.2) is 5.28 Å². The van der Waals surface area contributed by atoms with Crippen LogP contribution in [0.1, 0.15) is 12.8 Å². The number of alkyl halides is 1. The lowest BCUT2D eigenvalue weighted by molar-refractivity contribution is -0.714. The van der Waals surface area contributed by atoms with E-state index < -0.39 is 0 Å². The summed E-state index contributed by atoms with van der Waals surface area (Å²) < 4.78 is 0.